The van der Waals surface area contributed by atoms with Gasteiger partial charge in [0.1, 0.15) is 0 Å². The lowest BCUT2D eigenvalue weighted by molar-refractivity contribution is -0.137. The summed E-state index contributed by atoms with van der Waals surface area (Å²) >= 11 is 0. The Morgan fingerprint density at radius 1 is 1.44 bits per heavy atom. The molecule has 0 aromatic carbocycles. The molecule has 0 aromatic rings. The molecular formula is C13H22N2O3. The van der Waals surface area contributed by atoms with Crippen molar-refractivity contribution in [1.82, 2.24) is 10.2 Å². The predicted octanol–water partition coefficient (Wildman–Crippen LogP) is 1.68. The third kappa shape index (κ3) is 6.79. The first-order chi connectivity index (χ1) is 8.32. The van der Waals surface area contributed by atoms with Crippen LogP contribution in [0, 0.1) is 12.3 Å². The van der Waals surface area contributed by atoms with Crippen molar-refractivity contribution in [3.05, 3.63) is 0 Å². The molecule has 0 atom stereocenters. The average molecular weight is 254 g/mol. The summed E-state index contributed by atoms with van der Waals surface area (Å²) in [4.78, 5) is 24.0. The summed E-state index contributed by atoms with van der Waals surface area (Å²) in [6.07, 6.45) is 6.44. The van der Waals surface area contributed by atoms with Crippen LogP contribution >= 0.6 is 0 Å². The van der Waals surface area contributed by atoms with E-state index in [0.717, 1.165) is 6.42 Å². The maximum atomic E-state index is 12.0. The number of rotatable bonds is 7. The lowest BCUT2D eigenvalue weighted by atomic mass is 9.99. The normalized spacial score (nSPS) is 10.6. The van der Waals surface area contributed by atoms with E-state index in [1.165, 1.54) is 0 Å². The number of nitrogens with zero attached hydrogens (tertiary/aromatic N) is 1. The lowest BCUT2D eigenvalue weighted by Gasteiger charge is -2.29. The SMILES string of the molecule is C#CCN(CCC)C(=O)NC(C)(C)CCC(=O)O. The molecule has 5 nitrogen and oxygen atoms in total. The Bertz CT molecular complexity index is 332. The first kappa shape index (κ1) is 16.3. The molecule has 0 heterocycles. The summed E-state index contributed by atoms with van der Waals surface area (Å²) in [6, 6.07) is -0.245. The van der Waals surface area contributed by atoms with Gasteiger partial charge in [-0.05, 0) is 26.7 Å². The monoisotopic (exact) mass is 254 g/mol. The summed E-state index contributed by atoms with van der Waals surface area (Å²) in [5, 5.41) is 11.4. The second-order valence-electron chi connectivity index (χ2n) is 4.83. The topological polar surface area (TPSA) is 69.6 Å². The van der Waals surface area contributed by atoms with E-state index in [1.807, 2.05) is 6.92 Å². The van der Waals surface area contributed by atoms with Gasteiger partial charge < -0.3 is 15.3 Å². The zero-order chi connectivity index (χ0) is 14.2. The van der Waals surface area contributed by atoms with Crippen molar-refractivity contribution in [1.29, 1.82) is 0 Å². The number of carboxylic acid groups (broad SMARTS) is 1. The second kappa shape index (κ2) is 7.59. The van der Waals surface area contributed by atoms with Crippen LogP contribution < -0.4 is 5.32 Å². The van der Waals surface area contributed by atoms with Crippen LogP contribution in [0.4, 0.5) is 4.79 Å². The van der Waals surface area contributed by atoms with Crippen molar-refractivity contribution < 1.29 is 14.7 Å². The van der Waals surface area contributed by atoms with Crippen LogP contribution in [-0.2, 0) is 4.79 Å². The van der Waals surface area contributed by atoms with Gasteiger partial charge in [-0.15, -0.1) is 6.42 Å². The van der Waals surface area contributed by atoms with Crippen molar-refractivity contribution in [2.24, 2.45) is 0 Å². The highest BCUT2D eigenvalue weighted by atomic mass is 16.4. The highest BCUT2D eigenvalue weighted by Crippen LogP contribution is 2.12. The quantitative estimate of drug-likeness (QED) is 0.679. The number of carbonyl (C=O) groups is 2. The highest BCUT2D eigenvalue weighted by molar-refractivity contribution is 5.75. The van der Waals surface area contributed by atoms with Crippen LogP contribution in [0.3, 0.4) is 0 Å². The van der Waals surface area contributed by atoms with Crippen molar-refractivity contribution in [2.75, 3.05) is 13.1 Å². The van der Waals surface area contributed by atoms with Crippen LogP contribution in [-0.4, -0.2) is 40.6 Å². The fourth-order valence-corrected chi connectivity index (χ4v) is 1.48. The van der Waals surface area contributed by atoms with Crippen LogP contribution in [0.15, 0.2) is 0 Å². The average Bonchev–Trinajstić information content (AvgIpc) is 2.25. The molecule has 2 amide bonds. The van der Waals surface area contributed by atoms with Crippen LogP contribution in [0.25, 0.3) is 0 Å². The molecule has 0 aromatic heterocycles. The number of aliphatic carboxylic acids is 1. The van der Waals surface area contributed by atoms with Crippen LogP contribution in [0.2, 0.25) is 0 Å². The molecule has 18 heavy (non-hydrogen) atoms. The Hall–Kier alpha value is -1.70. The fourth-order valence-electron chi connectivity index (χ4n) is 1.48. The number of nitrogens with one attached hydrogen (secondary N) is 1. The van der Waals surface area contributed by atoms with Crippen molar-refractivity contribution >= 4 is 12.0 Å². The zero-order valence-corrected chi connectivity index (χ0v) is 11.3. The fraction of sp³-hybridized carbons (Fsp3) is 0.692. The van der Waals surface area contributed by atoms with Gasteiger partial charge in [-0.25, -0.2) is 4.79 Å². The van der Waals surface area contributed by atoms with Crippen LogP contribution in [0.5, 0.6) is 0 Å². The van der Waals surface area contributed by atoms with E-state index in [4.69, 9.17) is 11.5 Å². The van der Waals surface area contributed by atoms with Crippen molar-refractivity contribution in [2.45, 2.75) is 45.6 Å². The molecule has 0 aliphatic heterocycles. The molecule has 0 radical (unpaired) electrons. The van der Waals surface area contributed by atoms with E-state index in [9.17, 15) is 9.59 Å². The first-order valence-corrected chi connectivity index (χ1v) is 6.04. The molecule has 102 valence electrons. The second-order valence-corrected chi connectivity index (χ2v) is 4.83. The molecule has 0 bridgehead atoms. The van der Waals surface area contributed by atoms with Gasteiger partial charge in [0.05, 0.1) is 6.54 Å². The van der Waals surface area contributed by atoms with E-state index < -0.39 is 11.5 Å². The summed E-state index contributed by atoms with van der Waals surface area (Å²) in [7, 11) is 0. The molecule has 0 rings (SSSR count). The number of hydrogen-bond acceptors (Lipinski definition) is 2. The third-order valence-electron chi connectivity index (χ3n) is 2.47. The third-order valence-corrected chi connectivity index (χ3v) is 2.47. The number of amides is 2. The number of carboxylic acids is 1. The number of terminal acetylenes is 1. The van der Waals surface area contributed by atoms with Gasteiger partial charge in [0.15, 0.2) is 0 Å². The molecule has 0 aliphatic rings. The molecule has 5 heteroatoms. The van der Waals surface area contributed by atoms with Crippen molar-refractivity contribution in [3.8, 4) is 12.3 Å². The van der Waals surface area contributed by atoms with Gasteiger partial charge in [0, 0.05) is 18.5 Å². The lowest BCUT2D eigenvalue weighted by Crippen LogP contribution is -2.50. The number of hydrogen-bond donors (Lipinski definition) is 2. The van der Waals surface area contributed by atoms with E-state index in [1.54, 1.807) is 18.7 Å². The highest BCUT2D eigenvalue weighted by Gasteiger charge is 2.23. The van der Waals surface area contributed by atoms with Gasteiger partial charge in [-0.2, -0.15) is 0 Å². The van der Waals surface area contributed by atoms with E-state index in [-0.39, 0.29) is 19.0 Å². The molecule has 0 aliphatic carbocycles. The van der Waals surface area contributed by atoms with E-state index in [2.05, 4.69) is 11.2 Å². The first-order valence-electron chi connectivity index (χ1n) is 6.04. The maximum Gasteiger partial charge on any atom is 0.318 e. The van der Waals surface area contributed by atoms with Crippen LogP contribution in [0.1, 0.15) is 40.0 Å². The zero-order valence-electron chi connectivity index (χ0n) is 11.3. The summed E-state index contributed by atoms with van der Waals surface area (Å²) in [6.45, 7) is 6.41. The Morgan fingerprint density at radius 3 is 2.50 bits per heavy atom. The summed E-state index contributed by atoms with van der Waals surface area (Å²) in [5.74, 6) is 1.57. The molecule has 2 N–H and O–H groups in total. The molecular weight excluding hydrogens is 232 g/mol. The number of carbonyl (C=O) groups excluding carboxylic acids is 1. The molecule has 0 unspecified atom stereocenters. The van der Waals surface area contributed by atoms with Gasteiger partial charge in [0.25, 0.3) is 0 Å². The predicted molar refractivity (Wildman–Crippen MR) is 70.2 cm³/mol. The Morgan fingerprint density at radius 2 is 2.06 bits per heavy atom. The minimum absolute atomic E-state index is 0.0240. The maximum absolute atomic E-state index is 12.0. The Kier molecular flexibility index (Phi) is 6.88. The van der Waals surface area contributed by atoms with E-state index >= 15 is 0 Å². The molecule has 0 saturated carbocycles. The van der Waals surface area contributed by atoms with Gasteiger partial charge in [-0.3, -0.25) is 4.79 Å². The molecule has 0 spiro atoms. The largest absolute Gasteiger partial charge is 0.481 e. The molecule has 0 saturated heterocycles. The van der Waals surface area contributed by atoms with Gasteiger partial charge in [0.2, 0.25) is 0 Å². The molecule has 0 fully saturated rings. The van der Waals surface area contributed by atoms with Gasteiger partial charge in [-0.1, -0.05) is 12.8 Å². The van der Waals surface area contributed by atoms with Gasteiger partial charge >= 0.3 is 12.0 Å². The standard InChI is InChI=1S/C13H22N2O3/c1-5-9-15(10-6-2)12(18)14-13(3,4)8-7-11(16)17/h1H,6-10H2,2-4H3,(H,14,18)(H,16,17). The minimum atomic E-state index is -0.869. The van der Waals surface area contributed by atoms with E-state index in [0.29, 0.717) is 13.0 Å². The summed E-state index contributed by atoms with van der Waals surface area (Å²) < 4.78 is 0. The number of urea groups is 1. The Labute approximate surface area is 109 Å². The minimum Gasteiger partial charge on any atom is -0.481 e. The van der Waals surface area contributed by atoms with Crippen molar-refractivity contribution in [3.63, 3.8) is 0 Å². The summed E-state index contributed by atoms with van der Waals surface area (Å²) in [5.41, 5.74) is -0.559. The Balaban J connectivity index is 4.41. The smallest absolute Gasteiger partial charge is 0.318 e.